The number of hydrogen-bond acceptors (Lipinski definition) is 5. The van der Waals surface area contributed by atoms with Crippen molar-refractivity contribution in [2.75, 3.05) is 0 Å². The minimum absolute atomic E-state index is 0.0941. The number of carbonyl (C=O) groups is 1. The first-order chi connectivity index (χ1) is 15.1. The minimum Gasteiger partial charge on any atom is -0.443 e. The third-order valence-electron chi connectivity index (χ3n) is 4.81. The molecular formula is C24H20FN3O4. The molecular weight excluding hydrogens is 413 g/mol. The molecule has 0 spiro atoms. The van der Waals surface area contributed by atoms with Crippen molar-refractivity contribution in [3.63, 3.8) is 0 Å². The summed E-state index contributed by atoms with van der Waals surface area (Å²) in [6, 6.07) is 16.3. The van der Waals surface area contributed by atoms with E-state index >= 15 is 0 Å². The van der Waals surface area contributed by atoms with Crippen molar-refractivity contribution in [2.24, 2.45) is 0 Å². The highest BCUT2D eigenvalue weighted by Crippen LogP contribution is 2.33. The number of nitrogens with zero attached hydrogens (tertiary/aromatic N) is 3. The first kappa shape index (κ1) is 21.2. The molecule has 2 aromatic heterocycles. The Morgan fingerprint density at radius 1 is 1.06 bits per heavy atom. The zero-order valence-electron chi connectivity index (χ0n) is 17.7. The van der Waals surface area contributed by atoms with Crippen LogP contribution in [0.5, 0.6) is 0 Å². The number of hydrogen-bond donors (Lipinski definition) is 0. The molecule has 8 heteroatoms. The number of para-hydroxylation sites is 1. The molecule has 4 rings (SSSR count). The zero-order chi connectivity index (χ0) is 23.0. The molecule has 0 fully saturated rings. The summed E-state index contributed by atoms with van der Waals surface area (Å²) in [5.41, 5.74) is 1.45. The van der Waals surface area contributed by atoms with E-state index in [4.69, 9.17) is 4.74 Å². The molecule has 0 atom stereocenters. The maximum atomic E-state index is 14.6. The summed E-state index contributed by atoms with van der Waals surface area (Å²) in [5.74, 6) is -0.720. The lowest BCUT2D eigenvalue weighted by molar-refractivity contribution is -0.384. The number of benzene rings is 2. The molecule has 0 saturated carbocycles. The Bertz CT molecular complexity index is 1340. The number of aromatic nitrogens is 2. The smallest absolute Gasteiger partial charge is 0.419 e. The number of carbonyl (C=O) groups excluding carboxylic acids is 1. The number of nitro benzene ring substituents is 1. The fourth-order valence-electron chi connectivity index (χ4n) is 3.42. The van der Waals surface area contributed by atoms with Gasteiger partial charge in [0.25, 0.3) is 5.69 Å². The number of fused-ring (bicyclic) bond motifs is 1. The zero-order valence-corrected chi connectivity index (χ0v) is 17.7. The largest absolute Gasteiger partial charge is 0.443 e. The van der Waals surface area contributed by atoms with E-state index in [0.29, 0.717) is 22.3 Å². The van der Waals surface area contributed by atoms with Crippen LogP contribution in [-0.2, 0) is 4.74 Å². The molecule has 7 nitrogen and oxygen atoms in total. The number of halogens is 1. The standard InChI is InChI=1S/C24H20FN3O4/c1-24(2,3)32-23(29)27-20-7-5-4-6-16(20)13-21(27)17-12-19(22(25)26-14-17)15-8-10-18(11-9-15)28(30)31/h4-14H,1-3H3. The van der Waals surface area contributed by atoms with Gasteiger partial charge < -0.3 is 4.74 Å². The van der Waals surface area contributed by atoms with Crippen LogP contribution in [0.1, 0.15) is 20.8 Å². The summed E-state index contributed by atoms with van der Waals surface area (Å²) in [4.78, 5) is 27.3. The van der Waals surface area contributed by atoms with Crippen LogP contribution in [0.15, 0.2) is 66.9 Å². The van der Waals surface area contributed by atoms with E-state index < -0.39 is 22.6 Å². The SMILES string of the molecule is CC(C)(C)OC(=O)n1c(-c2cnc(F)c(-c3ccc([N+](=O)[O-])cc3)c2)cc2ccccc21. The van der Waals surface area contributed by atoms with Crippen LogP contribution < -0.4 is 0 Å². The average Bonchev–Trinajstić information content (AvgIpc) is 3.13. The lowest BCUT2D eigenvalue weighted by Gasteiger charge is -2.21. The summed E-state index contributed by atoms with van der Waals surface area (Å²) in [5, 5.41) is 11.7. The topological polar surface area (TPSA) is 87.3 Å². The number of non-ortho nitro benzene ring substituents is 1. The van der Waals surface area contributed by atoms with Crippen LogP contribution in [-0.4, -0.2) is 26.2 Å². The summed E-state index contributed by atoms with van der Waals surface area (Å²) in [6.45, 7) is 5.34. The fraction of sp³-hybridized carbons (Fsp3) is 0.167. The van der Waals surface area contributed by atoms with Crippen LogP contribution in [0.2, 0.25) is 0 Å². The van der Waals surface area contributed by atoms with Crippen LogP contribution in [0.25, 0.3) is 33.3 Å². The van der Waals surface area contributed by atoms with Crippen molar-refractivity contribution in [3.05, 3.63) is 82.9 Å². The Kier molecular flexibility index (Phi) is 5.22. The molecule has 32 heavy (non-hydrogen) atoms. The molecule has 0 aliphatic carbocycles. The predicted molar refractivity (Wildman–Crippen MR) is 119 cm³/mol. The molecule has 0 radical (unpaired) electrons. The highest BCUT2D eigenvalue weighted by atomic mass is 19.1. The van der Waals surface area contributed by atoms with Gasteiger partial charge in [-0.05, 0) is 56.7 Å². The molecule has 0 aliphatic rings. The van der Waals surface area contributed by atoms with Gasteiger partial charge in [-0.15, -0.1) is 0 Å². The van der Waals surface area contributed by atoms with Crippen molar-refractivity contribution in [2.45, 2.75) is 26.4 Å². The number of pyridine rings is 1. The van der Waals surface area contributed by atoms with E-state index in [1.807, 2.05) is 24.3 Å². The van der Waals surface area contributed by atoms with Gasteiger partial charge in [0.05, 0.1) is 16.1 Å². The fourth-order valence-corrected chi connectivity index (χ4v) is 3.42. The molecule has 0 N–H and O–H groups in total. The predicted octanol–water partition coefficient (Wildman–Crippen LogP) is 6.20. The minimum atomic E-state index is -0.720. The summed E-state index contributed by atoms with van der Waals surface area (Å²) in [7, 11) is 0. The number of nitro groups is 1. The third-order valence-corrected chi connectivity index (χ3v) is 4.81. The van der Waals surface area contributed by atoms with Gasteiger partial charge in [-0.3, -0.25) is 10.1 Å². The molecule has 4 aromatic rings. The third kappa shape index (κ3) is 4.07. The van der Waals surface area contributed by atoms with E-state index in [0.717, 1.165) is 5.39 Å². The number of ether oxygens (including phenoxy) is 1. The van der Waals surface area contributed by atoms with Crippen molar-refractivity contribution in [1.82, 2.24) is 9.55 Å². The first-order valence-electron chi connectivity index (χ1n) is 9.88. The Morgan fingerprint density at radius 3 is 2.41 bits per heavy atom. The van der Waals surface area contributed by atoms with Gasteiger partial charge in [0, 0.05) is 34.8 Å². The molecule has 2 aromatic carbocycles. The molecule has 162 valence electrons. The average molecular weight is 433 g/mol. The maximum Gasteiger partial charge on any atom is 0.419 e. The molecule has 2 heterocycles. The lowest BCUT2D eigenvalue weighted by Crippen LogP contribution is -2.27. The van der Waals surface area contributed by atoms with Crippen molar-refractivity contribution in [3.8, 4) is 22.4 Å². The van der Waals surface area contributed by atoms with Gasteiger partial charge in [0.2, 0.25) is 5.95 Å². The van der Waals surface area contributed by atoms with Crippen LogP contribution >= 0.6 is 0 Å². The lowest BCUT2D eigenvalue weighted by atomic mass is 10.0. The van der Waals surface area contributed by atoms with Crippen LogP contribution in [0, 0.1) is 16.1 Å². The molecule has 0 bridgehead atoms. The Morgan fingerprint density at radius 2 is 1.75 bits per heavy atom. The highest BCUT2D eigenvalue weighted by Gasteiger charge is 2.23. The van der Waals surface area contributed by atoms with Gasteiger partial charge in [0.1, 0.15) is 5.60 Å². The highest BCUT2D eigenvalue weighted by molar-refractivity contribution is 5.96. The Labute approximate surface area is 183 Å². The van der Waals surface area contributed by atoms with Gasteiger partial charge in [-0.2, -0.15) is 4.39 Å². The van der Waals surface area contributed by atoms with Gasteiger partial charge >= 0.3 is 6.09 Å². The van der Waals surface area contributed by atoms with E-state index in [-0.39, 0.29) is 11.3 Å². The van der Waals surface area contributed by atoms with E-state index in [9.17, 15) is 19.3 Å². The quantitative estimate of drug-likeness (QED) is 0.218. The Balaban J connectivity index is 1.86. The summed E-state index contributed by atoms with van der Waals surface area (Å²) >= 11 is 0. The van der Waals surface area contributed by atoms with Crippen molar-refractivity contribution in [1.29, 1.82) is 0 Å². The van der Waals surface area contributed by atoms with E-state index in [1.165, 1.54) is 35.0 Å². The number of rotatable bonds is 3. The normalized spacial score (nSPS) is 11.5. The van der Waals surface area contributed by atoms with E-state index in [2.05, 4.69) is 4.98 Å². The maximum absolute atomic E-state index is 14.6. The van der Waals surface area contributed by atoms with Crippen molar-refractivity contribution < 1.29 is 18.8 Å². The van der Waals surface area contributed by atoms with Crippen LogP contribution in [0.3, 0.4) is 0 Å². The second kappa shape index (κ2) is 7.88. The van der Waals surface area contributed by atoms with Gasteiger partial charge in [-0.1, -0.05) is 18.2 Å². The van der Waals surface area contributed by atoms with E-state index in [1.54, 1.807) is 32.9 Å². The monoisotopic (exact) mass is 433 g/mol. The first-order valence-corrected chi connectivity index (χ1v) is 9.88. The van der Waals surface area contributed by atoms with Crippen LogP contribution in [0.4, 0.5) is 14.9 Å². The summed E-state index contributed by atoms with van der Waals surface area (Å²) < 4.78 is 21.6. The molecule has 0 amide bonds. The molecule has 0 aliphatic heterocycles. The second-order valence-corrected chi connectivity index (χ2v) is 8.27. The second-order valence-electron chi connectivity index (χ2n) is 8.27. The molecule has 0 saturated heterocycles. The van der Waals surface area contributed by atoms with Gasteiger partial charge in [-0.25, -0.2) is 14.3 Å². The molecule has 0 unspecified atom stereocenters. The summed E-state index contributed by atoms with van der Waals surface area (Å²) in [6.07, 6.45) is 0.786. The Hall–Kier alpha value is -4.07. The van der Waals surface area contributed by atoms with Gasteiger partial charge in [0.15, 0.2) is 0 Å². The van der Waals surface area contributed by atoms with Crippen molar-refractivity contribution >= 4 is 22.7 Å².